The average molecular weight is 234 g/mol. The number of hydrogen-bond acceptors (Lipinski definition) is 3. The van der Waals surface area contributed by atoms with Crippen LogP contribution in [0.25, 0.3) is 0 Å². The van der Waals surface area contributed by atoms with E-state index in [0.29, 0.717) is 12.1 Å². The summed E-state index contributed by atoms with van der Waals surface area (Å²) < 4.78 is 5.10. The summed E-state index contributed by atoms with van der Waals surface area (Å²) in [6, 6.07) is 1.75. The molecule has 0 bridgehead atoms. The zero-order valence-corrected chi connectivity index (χ0v) is 10.1. The third kappa shape index (κ3) is 3.46. The molecule has 4 nitrogen and oxygen atoms in total. The van der Waals surface area contributed by atoms with Gasteiger partial charge in [0.15, 0.2) is 0 Å². The van der Waals surface area contributed by atoms with Crippen LogP contribution in [-0.4, -0.2) is 25.5 Å². The molecule has 0 spiro atoms. The smallest absolute Gasteiger partial charge is 0.254 e. The quantitative estimate of drug-likeness (QED) is 0.778. The van der Waals surface area contributed by atoms with Gasteiger partial charge in [-0.15, -0.1) is 0 Å². The number of amides is 1. The van der Waals surface area contributed by atoms with Gasteiger partial charge < -0.3 is 15.1 Å². The monoisotopic (exact) mass is 234 g/mol. The van der Waals surface area contributed by atoms with E-state index in [1.807, 2.05) is 6.92 Å². The van der Waals surface area contributed by atoms with Crippen LogP contribution in [0.15, 0.2) is 28.4 Å². The summed E-state index contributed by atoms with van der Waals surface area (Å²) in [7, 11) is 0. The molecule has 0 atom stereocenters. The van der Waals surface area contributed by atoms with Crippen LogP contribution >= 0.6 is 0 Å². The summed E-state index contributed by atoms with van der Waals surface area (Å²) >= 11 is 0. The van der Waals surface area contributed by atoms with Crippen molar-refractivity contribution in [2.75, 3.05) is 19.6 Å². The van der Waals surface area contributed by atoms with Crippen LogP contribution in [0.4, 0.5) is 0 Å². The van der Waals surface area contributed by atoms with E-state index in [4.69, 9.17) is 4.42 Å². The van der Waals surface area contributed by atoms with Gasteiger partial charge in [-0.25, -0.2) is 0 Å². The third-order valence-electron chi connectivity index (χ3n) is 2.88. The van der Waals surface area contributed by atoms with Gasteiger partial charge in [0.25, 0.3) is 5.91 Å². The van der Waals surface area contributed by atoms with Crippen molar-refractivity contribution in [1.82, 2.24) is 10.6 Å². The van der Waals surface area contributed by atoms with E-state index in [9.17, 15) is 4.79 Å². The van der Waals surface area contributed by atoms with Crippen LogP contribution in [0.3, 0.4) is 0 Å². The molecule has 0 aliphatic carbocycles. The highest BCUT2D eigenvalue weighted by molar-refractivity contribution is 5.93. The van der Waals surface area contributed by atoms with Crippen LogP contribution in [-0.2, 0) is 0 Å². The molecule has 0 saturated carbocycles. The van der Waals surface area contributed by atoms with E-state index < -0.39 is 0 Å². The van der Waals surface area contributed by atoms with Gasteiger partial charge in [0, 0.05) is 13.1 Å². The topological polar surface area (TPSA) is 54.3 Å². The van der Waals surface area contributed by atoms with Crippen molar-refractivity contribution in [3.63, 3.8) is 0 Å². The molecule has 0 fully saturated rings. The highest BCUT2D eigenvalue weighted by Gasteiger charge is 2.08. The predicted molar refractivity (Wildman–Crippen MR) is 66.0 cm³/mol. The van der Waals surface area contributed by atoms with Gasteiger partial charge in [-0.05, 0) is 32.4 Å². The molecule has 0 radical (unpaired) electrons. The maximum atomic E-state index is 11.7. The number of furan rings is 1. The molecule has 1 aliphatic rings. The summed E-state index contributed by atoms with van der Waals surface area (Å²) in [6.45, 7) is 4.51. The summed E-state index contributed by atoms with van der Waals surface area (Å²) in [5.41, 5.74) is 2.02. The van der Waals surface area contributed by atoms with Crippen molar-refractivity contribution in [3.05, 3.63) is 35.3 Å². The average Bonchev–Trinajstić information content (AvgIpc) is 2.77. The number of rotatable bonds is 4. The van der Waals surface area contributed by atoms with Gasteiger partial charge in [0.1, 0.15) is 12.0 Å². The SMILES string of the molecule is Cc1cc(C(=O)NCCC2=CCNCC2)co1. The Bertz CT molecular complexity index is 421. The molecule has 17 heavy (non-hydrogen) atoms. The van der Waals surface area contributed by atoms with Crippen LogP contribution in [0, 0.1) is 6.92 Å². The number of nitrogens with one attached hydrogen (secondary N) is 2. The van der Waals surface area contributed by atoms with Crippen LogP contribution in [0.5, 0.6) is 0 Å². The molecule has 1 amide bonds. The van der Waals surface area contributed by atoms with E-state index in [1.54, 1.807) is 6.07 Å². The Morgan fingerprint density at radius 2 is 2.47 bits per heavy atom. The molecular formula is C13H18N2O2. The second kappa shape index (κ2) is 5.68. The van der Waals surface area contributed by atoms with Crippen LogP contribution in [0.1, 0.15) is 29.0 Å². The zero-order chi connectivity index (χ0) is 12.1. The Kier molecular flexibility index (Phi) is 3.98. The lowest BCUT2D eigenvalue weighted by Gasteiger charge is -2.13. The molecule has 4 heteroatoms. The maximum absolute atomic E-state index is 11.7. The Balaban J connectivity index is 1.75. The fourth-order valence-electron chi connectivity index (χ4n) is 1.90. The first-order valence-corrected chi connectivity index (χ1v) is 5.97. The first-order valence-electron chi connectivity index (χ1n) is 5.97. The lowest BCUT2D eigenvalue weighted by Crippen LogP contribution is -2.26. The minimum Gasteiger partial charge on any atom is -0.469 e. The van der Waals surface area contributed by atoms with Gasteiger partial charge in [0.05, 0.1) is 5.56 Å². The van der Waals surface area contributed by atoms with Gasteiger partial charge in [-0.2, -0.15) is 0 Å². The minimum atomic E-state index is -0.0589. The summed E-state index contributed by atoms with van der Waals surface area (Å²) in [4.78, 5) is 11.7. The maximum Gasteiger partial charge on any atom is 0.254 e. The number of carbonyl (C=O) groups is 1. The van der Waals surface area contributed by atoms with Gasteiger partial charge in [-0.1, -0.05) is 11.6 Å². The molecule has 0 saturated heterocycles. The third-order valence-corrected chi connectivity index (χ3v) is 2.88. The number of aryl methyl sites for hydroxylation is 1. The van der Waals surface area contributed by atoms with Gasteiger partial charge >= 0.3 is 0 Å². The Labute approximate surface area is 101 Å². The van der Waals surface area contributed by atoms with Crippen molar-refractivity contribution >= 4 is 5.91 Å². The van der Waals surface area contributed by atoms with E-state index in [0.717, 1.165) is 31.7 Å². The zero-order valence-electron chi connectivity index (χ0n) is 10.1. The highest BCUT2D eigenvalue weighted by Crippen LogP contribution is 2.09. The first kappa shape index (κ1) is 11.9. The molecular weight excluding hydrogens is 216 g/mol. The molecule has 2 N–H and O–H groups in total. The fourth-order valence-corrected chi connectivity index (χ4v) is 1.90. The van der Waals surface area contributed by atoms with E-state index in [1.165, 1.54) is 11.8 Å². The second-order valence-corrected chi connectivity index (χ2v) is 4.27. The van der Waals surface area contributed by atoms with Crippen molar-refractivity contribution < 1.29 is 9.21 Å². The van der Waals surface area contributed by atoms with Crippen molar-refractivity contribution in [2.24, 2.45) is 0 Å². The number of carbonyl (C=O) groups excluding carboxylic acids is 1. The number of hydrogen-bond donors (Lipinski definition) is 2. The second-order valence-electron chi connectivity index (χ2n) is 4.27. The molecule has 0 aromatic carbocycles. The molecule has 1 aromatic rings. The van der Waals surface area contributed by atoms with E-state index in [-0.39, 0.29) is 5.91 Å². The van der Waals surface area contributed by atoms with E-state index >= 15 is 0 Å². The lowest BCUT2D eigenvalue weighted by molar-refractivity contribution is 0.0953. The standard InChI is InChI=1S/C13H18N2O2/c1-10-8-12(9-17-10)13(16)15-7-4-11-2-5-14-6-3-11/h2,8-9,14H,3-7H2,1H3,(H,15,16). The van der Waals surface area contributed by atoms with Gasteiger partial charge in [-0.3, -0.25) is 4.79 Å². The molecule has 1 aromatic heterocycles. The minimum absolute atomic E-state index is 0.0589. The fraction of sp³-hybridized carbons (Fsp3) is 0.462. The van der Waals surface area contributed by atoms with Crippen molar-refractivity contribution in [3.8, 4) is 0 Å². The molecule has 2 rings (SSSR count). The molecule has 2 heterocycles. The largest absolute Gasteiger partial charge is 0.469 e. The molecule has 92 valence electrons. The Morgan fingerprint density at radius 3 is 3.12 bits per heavy atom. The molecule has 0 unspecified atom stereocenters. The summed E-state index contributed by atoms with van der Waals surface area (Å²) in [5, 5.41) is 6.17. The highest BCUT2D eigenvalue weighted by atomic mass is 16.3. The van der Waals surface area contributed by atoms with Crippen LogP contribution in [0.2, 0.25) is 0 Å². The Morgan fingerprint density at radius 1 is 1.59 bits per heavy atom. The van der Waals surface area contributed by atoms with Gasteiger partial charge in [0.2, 0.25) is 0 Å². The lowest BCUT2D eigenvalue weighted by atomic mass is 10.1. The Hall–Kier alpha value is -1.55. The van der Waals surface area contributed by atoms with E-state index in [2.05, 4.69) is 16.7 Å². The summed E-state index contributed by atoms with van der Waals surface area (Å²) in [6.07, 6.45) is 5.72. The normalized spacial score (nSPS) is 15.5. The molecule has 1 aliphatic heterocycles. The van der Waals surface area contributed by atoms with Crippen molar-refractivity contribution in [2.45, 2.75) is 19.8 Å². The van der Waals surface area contributed by atoms with Crippen LogP contribution < -0.4 is 10.6 Å². The summed E-state index contributed by atoms with van der Waals surface area (Å²) in [5.74, 6) is 0.701. The first-order chi connectivity index (χ1) is 8.25. The van der Waals surface area contributed by atoms with Crippen molar-refractivity contribution in [1.29, 1.82) is 0 Å². The predicted octanol–water partition coefficient (Wildman–Crippen LogP) is 1.63.